The average molecular weight is 408 g/mol. The molecule has 0 unspecified atom stereocenters. The first-order valence-corrected chi connectivity index (χ1v) is 9.99. The van der Waals surface area contributed by atoms with E-state index in [0.29, 0.717) is 35.5 Å². The number of nitro benzene ring substituents is 1. The maximum atomic E-state index is 11.5. The SMILES string of the molecule is CCNc1cc2ncnc(NCc3ccccc3N3CCOCC3)c2cc1[N+](=O)[O-]. The van der Waals surface area contributed by atoms with E-state index in [1.807, 2.05) is 19.1 Å². The Balaban J connectivity index is 1.63. The van der Waals surface area contributed by atoms with Crippen LogP contribution in [0.15, 0.2) is 42.7 Å². The summed E-state index contributed by atoms with van der Waals surface area (Å²) in [7, 11) is 0. The van der Waals surface area contributed by atoms with Crippen LogP contribution in [0.4, 0.5) is 22.9 Å². The van der Waals surface area contributed by atoms with Crippen molar-refractivity contribution < 1.29 is 9.66 Å². The number of hydrogen-bond donors (Lipinski definition) is 2. The number of rotatable bonds is 7. The highest BCUT2D eigenvalue weighted by atomic mass is 16.6. The van der Waals surface area contributed by atoms with Crippen molar-refractivity contribution in [1.82, 2.24) is 9.97 Å². The zero-order chi connectivity index (χ0) is 20.9. The van der Waals surface area contributed by atoms with Gasteiger partial charge >= 0.3 is 0 Å². The molecule has 0 spiro atoms. The summed E-state index contributed by atoms with van der Waals surface area (Å²) < 4.78 is 5.46. The second-order valence-electron chi connectivity index (χ2n) is 6.98. The van der Waals surface area contributed by atoms with Crippen LogP contribution in [0.2, 0.25) is 0 Å². The van der Waals surface area contributed by atoms with E-state index in [4.69, 9.17) is 4.74 Å². The number of nitro groups is 1. The Hall–Kier alpha value is -3.46. The molecule has 1 aliphatic rings. The minimum absolute atomic E-state index is 0.0101. The number of nitrogens with one attached hydrogen (secondary N) is 2. The first-order chi connectivity index (χ1) is 14.7. The molecule has 0 aliphatic carbocycles. The van der Waals surface area contributed by atoms with Gasteiger partial charge < -0.3 is 20.3 Å². The Morgan fingerprint density at radius 1 is 1.17 bits per heavy atom. The first-order valence-electron chi connectivity index (χ1n) is 9.99. The van der Waals surface area contributed by atoms with Crippen molar-refractivity contribution >= 4 is 33.8 Å². The number of para-hydroxylation sites is 1. The predicted octanol–water partition coefficient (Wildman–Crippen LogP) is 3.42. The lowest BCUT2D eigenvalue weighted by Gasteiger charge is -2.30. The number of fused-ring (bicyclic) bond motifs is 1. The monoisotopic (exact) mass is 408 g/mol. The van der Waals surface area contributed by atoms with Crippen LogP contribution in [0.1, 0.15) is 12.5 Å². The minimum atomic E-state index is -0.387. The number of ether oxygens (including phenoxy) is 1. The van der Waals surface area contributed by atoms with Gasteiger partial charge in [0.2, 0.25) is 0 Å². The fourth-order valence-electron chi connectivity index (χ4n) is 3.67. The van der Waals surface area contributed by atoms with Crippen LogP contribution in [0, 0.1) is 10.1 Å². The summed E-state index contributed by atoms with van der Waals surface area (Å²) in [5.41, 5.74) is 3.40. The third kappa shape index (κ3) is 4.11. The molecule has 4 rings (SSSR count). The summed E-state index contributed by atoms with van der Waals surface area (Å²) in [5, 5.41) is 18.5. The molecule has 0 atom stereocenters. The zero-order valence-electron chi connectivity index (χ0n) is 16.8. The average Bonchev–Trinajstić information content (AvgIpc) is 2.78. The molecule has 2 heterocycles. The Kier molecular flexibility index (Phi) is 5.89. The van der Waals surface area contributed by atoms with E-state index in [2.05, 4.69) is 37.6 Å². The van der Waals surface area contributed by atoms with Crippen LogP contribution in [0.3, 0.4) is 0 Å². The van der Waals surface area contributed by atoms with Gasteiger partial charge in [-0.05, 0) is 24.6 Å². The quantitative estimate of drug-likeness (QED) is 0.453. The molecule has 9 nitrogen and oxygen atoms in total. The highest BCUT2D eigenvalue weighted by molar-refractivity contribution is 5.94. The molecule has 1 saturated heterocycles. The Labute approximate surface area is 174 Å². The van der Waals surface area contributed by atoms with Crippen LogP contribution in [-0.4, -0.2) is 47.7 Å². The van der Waals surface area contributed by atoms with E-state index in [9.17, 15) is 10.1 Å². The van der Waals surface area contributed by atoms with Crippen molar-refractivity contribution in [3.05, 3.63) is 58.4 Å². The number of benzene rings is 2. The molecule has 2 N–H and O–H groups in total. The van der Waals surface area contributed by atoms with E-state index in [-0.39, 0.29) is 10.6 Å². The predicted molar refractivity (Wildman–Crippen MR) is 117 cm³/mol. The third-order valence-corrected chi connectivity index (χ3v) is 5.11. The van der Waals surface area contributed by atoms with Crippen molar-refractivity contribution in [2.45, 2.75) is 13.5 Å². The molecule has 0 bridgehead atoms. The summed E-state index contributed by atoms with van der Waals surface area (Å²) >= 11 is 0. The molecule has 1 aliphatic heterocycles. The van der Waals surface area contributed by atoms with Crippen molar-refractivity contribution in [2.24, 2.45) is 0 Å². The topological polar surface area (TPSA) is 105 Å². The molecule has 9 heteroatoms. The van der Waals surface area contributed by atoms with Gasteiger partial charge in [0, 0.05) is 43.3 Å². The van der Waals surface area contributed by atoms with Crippen molar-refractivity contribution in [1.29, 1.82) is 0 Å². The zero-order valence-corrected chi connectivity index (χ0v) is 16.8. The lowest BCUT2D eigenvalue weighted by atomic mass is 10.1. The maximum Gasteiger partial charge on any atom is 0.293 e. The van der Waals surface area contributed by atoms with Gasteiger partial charge in [-0.3, -0.25) is 10.1 Å². The molecule has 0 amide bonds. The van der Waals surface area contributed by atoms with E-state index in [1.165, 1.54) is 12.4 Å². The summed E-state index contributed by atoms with van der Waals surface area (Å²) in [6, 6.07) is 11.4. The fourth-order valence-corrected chi connectivity index (χ4v) is 3.67. The lowest BCUT2D eigenvalue weighted by Crippen LogP contribution is -2.36. The highest BCUT2D eigenvalue weighted by Crippen LogP contribution is 2.32. The van der Waals surface area contributed by atoms with Crippen LogP contribution in [0.5, 0.6) is 0 Å². The molecule has 156 valence electrons. The number of nitrogens with zero attached hydrogens (tertiary/aromatic N) is 4. The molecular formula is C21H24N6O3. The third-order valence-electron chi connectivity index (χ3n) is 5.11. The Morgan fingerprint density at radius 3 is 2.73 bits per heavy atom. The molecule has 30 heavy (non-hydrogen) atoms. The number of morpholine rings is 1. The largest absolute Gasteiger partial charge is 0.380 e. The number of hydrogen-bond acceptors (Lipinski definition) is 8. The van der Waals surface area contributed by atoms with Crippen LogP contribution >= 0.6 is 0 Å². The van der Waals surface area contributed by atoms with E-state index >= 15 is 0 Å². The van der Waals surface area contributed by atoms with E-state index < -0.39 is 0 Å². The van der Waals surface area contributed by atoms with Crippen LogP contribution in [-0.2, 0) is 11.3 Å². The second kappa shape index (κ2) is 8.91. The van der Waals surface area contributed by atoms with Crippen molar-refractivity contribution in [3.63, 3.8) is 0 Å². The summed E-state index contributed by atoms with van der Waals surface area (Å²) in [6.45, 7) is 6.17. The standard InChI is InChI=1S/C21H24N6O3/c1-2-22-18-12-17-16(11-20(18)27(28)29)21(25-14-24-17)23-13-15-5-3-4-6-19(15)26-7-9-30-10-8-26/h3-6,11-12,14,22H,2,7-10,13H2,1H3,(H,23,24,25). The fraction of sp³-hybridized carbons (Fsp3) is 0.333. The summed E-state index contributed by atoms with van der Waals surface area (Å²) in [5.74, 6) is 0.572. The van der Waals surface area contributed by atoms with Gasteiger partial charge in [0.25, 0.3) is 5.69 Å². The van der Waals surface area contributed by atoms with Gasteiger partial charge in [-0.15, -0.1) is 0 Å². The van der Waals surface area contributed by atoms with Gasteiger partial charge in [0.15, 0.2) is 0 Å². The summed E-state index contributed by atoms with van der Waals surface area (Å²) in [6.07, 6.45) is 1.47. The molecule has 1 fully saturated rings. The molecule has 3 aromatic rings. The van der Waals surface area contributed by atoms with Gasteiger partial charge in [-0.2, -0.15) is 0 Å². The van der Waals surface area contributed by atoms with Crippen molar-refractivity contribution in [2.75, 3.05) is 48.4 Å². The molecule has 0 radical (unpaired) electrons. The number of aromatic nitrogens is 2. The second-order valence-corrected chi connectivity index (χ2v) is 6.98. The minimum Gasteiger partial charge on any atom is -0.380 e. The molecule has 1 aromatic heterocycles. The Bertz CT molecular complexity index is 1050. The summed E-state index contributed by atoms with van der Waals surface area (Å²) in [4.78, 5) is 22.1. The maximum absolute atomic E-state index is 11.5. The highest BCUT2D eigenvalue weighted by Gasteiger charge is 2.18. The normalized spacial score (nSPS) is 14.0. The molecule has 0 saturated carbocycles. The van der Waals surface area contributed by atoms with Crippen molar-refractivity contribution in [3.8, 4) is 0 Å². The van der Waals surface area contributed by atoms with E-state index in [0.717, 1.165) is 37.6 Å². The van der Waals surface area contributed by atoms with Gasteiger partial charge in [0.1, 0.15) is 17.8 Å². The van der Waals surface area contributed by atoms with Gasteiger partial charge in [-0.25, -0.2) is 9.97 Å². The molecule has 2 aromatic carbocycles. The van der Waals surface area contributed by atoms with Gasteiger partial charge in [-0.1, -0.05) is 18.2 Å². The smallest absolute Gasteiger partial charge is 0.293 e. The van der Waals surface area contributed by atoms with E-state index in [1.54, 1.807) is 6.07 Å². The van der Waals surface area contributed by atoms with Gasteiger partial charge in [0.05, 0.1) is 23.7 Å². The van der Waals surface area contributed by atoms with Crippen LogP contribution < -0.4 is 15.5 Å². The Morgan fingerprint density at radius 2 is 1.97 bits per heavy atom. The number of anilines is 3. The molecular weight excluding hydrogens is 384 g/mol. The first kappa shape index (κ1) is 19.8. The van der Waals surface area contributed by atoms with Crippen LogP contribution in [0.25, 0.3) is 10.9 Å². The lowest BCUT2D eigenvalue weighted by molar-refractivity contribution is -0.383.